The fourth-order valence-corrected chi connectivity index (χ4v) is 4.00. The number of likely N-dealkylation sites (tertiary alicyclic amines) is 1. The summed E-state index contributed by atoms with van der Waals surface area (Å²) in [6.07, 6.45) is 7.00. The number of nitrogens with zero attached hydrogens (tertiary/aromatic N) is 3. The zero-order valence-corrected chi connectivity index (χ0v) is 13.4. The van der Waals surface area contributed by atoms with Crippen LogP contribution >= 0.6 is 0 Å². The maximum atomic E-state index is 9.59. The minimum Gasteiger partial charge on any atom is -0.305 e. The van der Waals surface area contributed by atoms with Crippen LogP contribution < -0.4 is 5.32 Å². The molecule has 1 saturated heterocycles. The molecule has 2 rings (SSSR count). The van der Waals surface area contributed by atoms with Crippen molar-refractivity contribution in [1.82, 2.24) is 15.1 Å². The molecule has 0 amide bonds. The van der Waals surface area contributed by atoms with Gasteiger partial charge in [0.1, 0.15) is 5.54 Å². The third-order valence-electron chi connectivity index (χ3n) is 5.21. The molecule has 20 heavy (non-hydrogen) atoms. The standard InChI is InChI=1S/C16H30N4/c1-4-18-16(13-17)9-5-7-14(11-16)20(3)15-8-6-10-19(2)12-15/h14-15,18H,4-12H2,1-3H3. The summed E-state index contributed by atoms with van der Waals surface area (Å²) in [4.78, 5) is 5.01. The van der Waals surface area contributed by atoms with E-state index in [4.69, 9.17) is 0 Å². The smallest absolute Gasteiger partial charge is 0.108 e. The maximum Gasteiger partial charge on any atom is 0.108 e. The molecular weight excluding hydrogens is 248 g/mol. The van der Waals surface area contributed by atoms with Crippen molar-refractivity contribution in [2.24, 2.45) is 0 Å². The summed E-state index contributed by atoms with van der Waals surface area (Å²) in [6.45, 7) is 5.39. The summed E-state index contributed by atoms with van der Waals surface area (Å²) in [5.74, 6) is 0. The van der Waals surface area contributed by atoms with E-state index in [1.54, 1.807) is 0 Å². The Labute approximate surface area is 124 Å². The highest BCUT2D eigenvalue weighted by Crippen LogP contribution is 2.32. The number of nitriles is 1. The van der Waals surface area contributed by atoms with Gasteiger partial charge in [0.15, 0.2) is 0 Å². The second kappa shape index (κ2) is 6.89. The third-order valence-corrected chi connectivity index (χ3v) is 5.21. The molecule has 3 unspecified atom stereocenters. The highest BCUT2D eigenvalue weighted by Gasteiger charge is 2.39. The number of hydrogen-bond donors (Lipinski definition) is 1. The molecule has 0 spiro atoms. The predicted octanol–water partition coefficient (Wildman–Crippen LogP) is 1.83. The van der Waals surface area contributed by atoms with Crippen LogP contribution in [0.1, 0.15) is 45.4 Å². The first-order chi connectivity index (χ1) is 9.60. The Bertz CT molecular complexity index is 347. The number of nitrogens with one attached hydrogen (secondary N) is 1. The Hall–Kier alpha value is -0.630. The maximum absolute atomic E-state index is 9.59. The van der Waals surface area contributed by atoms with Crippen molar-refractivity contribution in [2.45, 2.75) is 63.1 Å². The van der Waals surface area contributed by atoms with Crippen molar-refractivity contribution < 1.29 is 0 Å². The molecule has 1 saturated carbocycles. The largest absolute Gasteiger partial charge is 0.305 e. The van der Waals surface area contributed by atoms with E-state index in [2.05, 4.69) is 42.2 Å². The molecular formula is C16H30N4. The zero-order valence-electron chi connectivity index (χ0n) is 13.4. The van der Waals surface area contributed by atoms with E-state index in [1.165, 1.54) is 32.4 Å². The summed E-state index contributed by atoms with van der Waals surface area (Å²) in [5.41, 5.74) is -0.285. The van der Waals surface area contributed by atoms with Crippen molar-refractivity contribution in [2.75, 3.05) is 33.7 Å². The van der Waals surface area contributed by atoms with E-state index >= 15 is 0 Å². The normalized spacial score (nSPS) is 36.0. The van der Waals surface area contributed by atoms with Gasteiger partial charge in [-0.1, -0.05) is 6.92 Å². The number of likely N-dealkylation sites (N-methyl/N-ethyl adjacent to an activating group) is 2. The van der Waals surface area contributed by atoms with Gasteiger partial charge in [-0.25, -0.2) is 0 Å². The first-order valence-corrected chi connectivity index (χ1v) is 8.17. The van der Waals surface area contributed by atoms with Gasteiger partial charge in [0.05, 0.1) is 6.07 Å². The average Bonchev–Trinajstić information content (AvgIpc) is 2.47. The SMILES string of the molecule is CCNC1(C#N)CCCC(N(C)C2CCCN(C)C2)C1. The van der Waals surface area contributed by atoms with E-state index in [0.717, 1.165) is 25.8 Å². The molecule has 4 nitrogen and oxygen atoms in total. The molecule has 2 fully saturated rings. The van der Waals surface area contributed by atoms with Crippen LogP contribution in [0.4, 0.5) is 0 Å². The summed E-state index contributed by atoms with van der Waals surface area (Å²) in [6, 6.07) is 3.78. The molecule has 1 aliphatic heterocycles. The van der Waals surface area contributed by atoms with Gasteiger partial charge in [0.25, 0.3) is 0 Å². The van der Waals surface area contributed by atoms with Gasteiger partial charge in [0, 0.05) is 18.6 Å². The van der Waals surface area contributed by atoms with E-state index in [-0.39, 0.29) is 5.54 Å². The molecule has 114 valence electrons. The molecule has 3 atom stereocenters. The Morgan fingerprint density at radius 1 is 1.35 bits per heavy atom. The fraction of sp³-hybridized carbons (Fsp3) is 0.938. The third kappa shape index (κ3) is 3.52. The summed E-state index contributed by atoms with van der Waals surface area (Å²) < 4.78 is 0. The quantitative estimate of drug-likeness (QED) is 0.852. The molecule has 0 aromatic heterocycles. The molecule has 1 heterocycles. The second-order valence-electron chi connectivity index (χ2n) is 6.70. The van der Waals surface area contributed by atoms with Crippen LogP contribution in [0, 0.1) is 11.3 Å². The van der Waals surface area contributed by atoms with Crippen LogP contribution in [0.25, 0.3) is 0 Å². The lowest BCUT2D eigenvalue weighted by molar-refractivity contribution is 0.0651. The van der Waals surface area contributed by atoms with Crippen molar-refractivity contribution in [3.63, 3.8) is 0 Å². The fourth-order valence-electron chi connectivity index (χ4n) is 4.00. The molecule has 0 bridgehead atoms. The van der Waals surface area contributed by atoms with Crippen molar-refractivity contribution in [3.8, 4) is 6.07 Å². The summed E-state index contributed by atoms with van der Waals surface area (Å²) >= 11 is 0. The van der Waals surface area contributed by atoms with Crippen LogP contribution in [-0.4, -0.2) is 61.2 Å². The van der Waals surface area contributed by atoms with Gasteiger partial charge in [-0.15, -0.1) is 0 Å². The first-order valence-electron chi connectivity index (χ1n) is 8.17. The van der Waals surface area contributed by atoms with Gasteiger partial charge in [-0.3, -0.25) is 10.2 Å². The van der Waals surface area contributed by atoms with Crippen LogP contribution in [-0.2, 0) is 0 Å². The summed E-state index contributed by atoms with van der Waals surface area (Å²) in [7, 11) is 4.49. The van der Waals surface area contributed by atoms with Gasteiger partial charge in [0.2, 0.25) is 0 Å². The number of piperidine rings is 1. The highest BCUT2D eigenvalue weighted by atomic mass is 15.2. The number of hydrogen-bond acceptors (Lipinski definition) is 4. The lowest BCUT2D eigenvalue weighted by atomic mass is 9.79. The summed E-state index contributed by atoms with van der Waals surface area (Å²) in [5, 5.41) is 13.0. The predicted molar refractivity (Wildman–Crippen MR) is 82.6 cm³/mol. The highest BCUT2D eigenvalue weighted by molar-refractivity contribution is 5.11. The van der Waals surface area contributed by atoms with Gasteiger partial charge >= 0.3 is 0 Å². The minimum absolute atomic E-state index is 0.285. The van der Waals surface area contributed by atoms with E-state index in [9.17, 15) is 5.26 Å². The van der Waals surface area contributed by atoms with Crippen LogP contribution in [0.3, 0.4) is 0 Å². The van der Waals surface area contributed by atoms with Crippen molar-refractivity contribution in [3.05, 3.63) is 0 Å². The molecule has 0 aromatic rings. The second-order valence-corrected chi connectivity index (χ2v) is 6.70. The molecule has 0 aromatic carbocycles. The van der Waals surface area contributed by atoms with Gasteiger partial charge < -0.3 is 4.90 Å². The average molecular weight is 278 g/mol. The van der Waals surface area contributed by atoms with Gasteiger partial charge in [-0.2, -0.15) is 5.26 Å². The van der Waals surface area contributed by atoms with E-state index in [1.807, 2.05) is 0 Å². The topological polar surface area (TPSA) is 42.3 Å². The molecule has 1 N–H and O–H groups in total. The number of rotatable bonds is 4. The molecule has 4 heteroatoms. The Morgan fingerprint density at radius 2 is 2.10 bits per heavy atom. The minimum atomic E-state index is -0.285. The lowest BCUT2D eigenvalue weighted by Gasteiger charge is -2.45. The molecule has 1 aliphatic carbocycles. The van der Waals surface area contributed by atoms with Gasteiger partial charge in [-0.05, 0) is 65.7 Å². The van der Waals surface area contributed by atoms with E-state index < -0.39 is 0 Å². The molecule has 2 aliphatic rings. The monoisotopic (exact) mass is 278 g/mol. The van der Waals surface area contributed by atoms with Crippen molar-refractivity contribution in [1.29, 1.82) is 5.26 Å². The van der Waals surface area contributed by atoms with Crippen LogP contribution in [0.2, 0.25) is 0 Å². The Morgan fingerprint density at radius 3 is 2.75 bits per heavy atom. The zero-order chi connectivity index (χ0) is 14.6. The first kappa shape index (κ1) is 15.8. The Kier molecular flexibility index (Phi) is 5.42. The molecule has 0 radical (unpaired) electrons. The lowest BCUT2D eigenvalue weighted by Crippen LogP contribution is -2.55. The Balaban J connectivity index is 1.99. The van der Waals surface area contributed by atoms with Crippen LogP contribution in [0.5, 0.6) is 0 Å². The van der Waals surface area contributed by atoms with Crippen LogP contribution in [0.15, 0.2) is 0 Å². The van der Waals surface area contributed by atoms with Crippen molar-refractivity contribution >= 4 is 0 Å². The van der Waals surface area contributed by atoms with E-state index in [0.29, 0.717) is 12.1 Å².